The van der Waals surface area contributed by atoms with Crippen molar-refractivity contribution in [3.63, 3.8) is 0 Å². The van der Waals surface area contributed by atoms with E-state index in [1.165, 1.54) is 30.3 Å². The van der Waals surface area contributed by atoms with Crippen LogP contribution in [0.5, 0.6) is 0 Å². The molecule has 1 unspecified atom stereocenters. The summed E-state index contributed by atoms with van der Waals surface area (Å²) in [5.41, 5.74) is 0.446. The molecule has 116 valence electrons. The van der Waals surface area contributed by atoms with Crippen molar-refractivity contribution in [3.05, 3.63) is 42.0 Å². The van der Waals surface area contributed by atoms with Crippen molar-refractivity contribution in [2.75, 3.05) is 5.75 Å². The van der Waals surface area contributed by atoms with Crippen LogP contribution in [0.4, 0.5) is 13.2 Å². The lowest BCUT2D eigenvalue weighted by atomic mass is 10.1. The van der Waals surface area contributed by atoms with Gasteiger partial charge in [0.05, 0.1) is 5.56 Å². The van der Waals surface area contributed by atoms with E-state index in [1.807, 2.05) is 0 Å². The molecule has 5 nitrogen and oxygen atoms in total. The molecular weight excluding hydrogens is 313 g/mol. The minimum Gasteiger partial charge on any atom is -0.448 e. The molecule has 0 radical (unpaired) electrons. The van der Waals surface area contributed by atoms with Crippen LogP contribution in [0.25, 0.3) is 6.08 Å². The highest BCUT2D eigenvalue weighted by Crippen LogP contribution is 2.25. The van der Waals surface area contributed by atoms with Crippen molar-refractivity contribution >= 4 is 22.2 Å². The molecule has 1 aromatic carbocycles. The van der Waals surface area contributed by atoms with Crippen molar-refractivity contribution in [2.24, 2.45) is 0 Å². The third kappa shape index (κ3) is 5.56. The second-order valence-corrected chi connectivity index (χ2v) is 5.51. The summed E-state index contributed by atoms with van der Waals surface area (Å²) in [4.78, 5) is 11.6. The van der Waals surface area contributed by atoms with E-state index in [9.17, 15) is 26.4 Å². The Kier molecular flexibility index (Phi) is 5.13. The van der Waals surface area contributed by atoms with Crippen LogP contribution < -0.4 is 0 Å². The Morgan fingerprint density at radius 3 is 2.24 bits per heavy atom. The van der Waals surface area contributed by atoms with E-state index >= 15 is 0 Å². The summed E-state index contributed by atoms with van der Waals surface area (Å²) < 4.78 is 71.4. The average Bonchev–Trinajstić information content (AvgIpc) is 2.35. The minimum absolute atomic E-state index is 0.190. The van der Waals surface area contributed by atoms with Gasteiger partial charge < -0.3 is 4.74 Å². The molecule has 0 aliphatic heterocycles. The Bertz CT molecular complexity index is 619. The summed E-state index contributed by atoms with van der Waals surface area (Å²) in [5.74, 6) is -3.11. The Morgan fingerprint density at radius 1 is 1.33 bits per heavy atom. The van der Waals surface area contributed by atoms with Gasteiger partial charge in [-0.05, 0) is 17.7 Å². The predicted molar refractivity (Wildman–Crippen MR) is 68.2 cm³/mol. The van der Waals surface area contributed by atoms with Gasteiger partial charge in [0, 0.05) is 0 Å². The molecule has 0 fully saturated rings. The van der Waals surface area contributed by atoms with Gasteiger partial charge in [-0.3, -0.25) is 4.55 Å². The molecule has 1 N–H and O–H groups in total. The zero-order valence-corrected chi connectivity index (χ0v) is 11.3. The lowest BCUT2D eigenvalue weighted by molar-refractivity contribution is -0.197. The normalized spacial score (nSPS) is 13.5. The number of carbonyl (C=O) groups excluding carboxylic acids is 1. The van der Waals surface area contributed by atoms with Gasteiger partial charge in [-0.25, -0.2) is 4.79 Å². The smallest absolute Gasteiger partial charge is 0.426 e. The van der Waals surface area contributed by atoms with Gasteiger partial charge in [0.25, 0.3) is 10.1 Å². The van der Waals surface area contributed by atoms with Crippen LogP contribution in [0, 0.1) is 0 Å². The van der Waals surface area contributed by atoms with Crippen molar-refractivity contribution in [2.45, 2.75) is 12.3 Å². The average molecular weight is 324 g/mol. The minimum atomic E-state index is -5.12. The van der Waals surface area contributed by atoms with Gasteiger partial charge in [0.15, 0.2) is 0 Å². The first-order valence-electron chi connectivity index (χ1n) is 5.48. The summed E-state index contributed by atoms with van der Waals surface area (Å²) in [6.07, 6.45) is -6.60. The molecule has 21 heavy (non-hydrogen) atoms. The Hall–Kier alpha value is -1.87. The summed E-state index contributed by atoms with van der Waals surface area (Å²) in [7, 11) is -4.96. The zero-order chi connectivity index (χ0) is 16.3. The number of ether oxygens (including phenoxy) is 1. The zero-order valence-electron chi connectivity index (χ0n) is 10.5. The molecule has 0 aliphatic rings. The number of benzene rings is 1. The third-order valence-electron chi connectivity index (χ3n) is 2.36. The first-order valence-corrected chi connectivity index (χ1v) is 7.09. The number of hydrogen-bond acceptors (Lipinski definition) is 4. The van der Waals surface area contributed by atoms with Crippen LogP contribution in [-0.2, 0) is 14.9 Å². The molecule has 0 saturated heterocycles. The van der Waals surface area contributed by atoms with Crippen LogP contribution in [0.15, 0.2) is 30.8 Å². The molecule has 1 atom stereocenters. The third-order valence-corrected chi connectivity index (χ3v) is 3.08. The summed E-state index contributed by atoms with van der Waals surface area (Å²) >= 11 is 0. The van der Waals surface area contributed by atoms with E-state index in [4.69, 9.17) is 4.55 Å². The van der Waals surface area contributed by atoms with Gasteiger partial charge in [-0.1, -0.05) is 24.8 Å². The standard InChI is InChI=1S/C12H11F3O5S/c1-2-8-3-5-9(6-4-8)11(16)20-10(12(13,14)15)7-21(17,18)19/h2-6,10H,1,7H2,(H,17,18,19). The SMILES string of the molecule is C=Cc1ccc(C(=O)OC(CS(=O)(=O)O)C(F)(F)F)cc1. The van der Waals surface area contributed by atoms with Gasteiger partial charge in [-0.2, -0.15) is 21.6 Å². The monoisotopic (exact) mass is 324 g/mol. The van der Waals surface area contributed by atoms with Crippen molar-refractivity contribution in [1.82, 2.24) is 0 Å². The molecule has 0 bridgehead atoms. The van der Waals surface area contributed by atoms with E-state index in [-0.39, 0.29) is 5.56 Å². The molecule has 0 aromatic heterocycles. The van der Waals surface area contributed by atoms with Crippen molar-refractivity contribution in [1.29, 1.82) is 0 Å². The fourth-order valence-corrected chi connectivity index (χ4v) is 1.98. The largest absolute Gasteiger partial charge is 0.448 e. The van der Waals surface area contributed by atoms with Crippen LogP contribution in [0.3, 0.4) is 0 Å². The van der Waals surface area contributed by atoms with Crippen LogP contribution in [0.1, 0.15) is 15.9 Å². The lowest BCUT2D eigenvalue weighted by Crippen LogP contribution is -2.39. The van der Waals surface area contributed by atoms with Crippen LogP contribution in [0.2, 0.25) is 0 Å². The molecule has 1 rings (SSSR count). The number of alkyl halides is 3. The van der Waals surface area contributed by atoms with E-state index in [0.717, 1.165) is 0 Å². The van der Waals surface area contributed by atoms with E-state index < -0.39 is 34.1 Å². The summed E-state index contributed by atoms with van der Waals surface area (Å²) in [5, 5.41) is 0. The predicted octanol–water partition coefficient (Wildman–Crippen LogP) is 2.31. The van der Waals surface area contributed by atoms with E-state index in [1.54, 1.807) is 0 Å². The fraction of sp³-hybridized carbons (Fsp3) is 0.250. The second-order valence-electron chi connectivity index (χ2n) is 4.01. The highest BCUT2D eigenvalue weighted by atomic mass is 32.2. The highest BCUT2D eigenvalue weighted by molar-refractivity contribution is 7.85. The topological polar surface area (TPSA) is 80.7 Å². The number of esters is 1. The molecule has 0 aliphatic carbocycles. The Labute approximate surface area is 118 Å². The maximum Gasteiger partial charge on any atom is 0.426 e. The molecule has 0 spiro atoms. The quantitative estimate of drug-likeness (QED) is 0.664. The number of hydrogen-bond donors (Lipinski definition) is 1. The van der Waals surface area contributed by atoms with E-state index in [0.29, 0.717) is 5.56 Å². The first kappa shape index (κ1) is 17.2. The van der Waals surface area contributed by atoms with E-state index in [2.05, 4.69) is 11.3 Å². The molecular formula is C12H11F3O5S. The summed E-state index contributed by atoms with van der Waals surface area (Å²) in [6.45, 7) is 3.47. The lowest BCUT2D eigenvalue weighted by Gasteiger charge is -2.19. The van der Waals surface area contributed by atoms with Gasteiger partial charge in [-0.15, -0.1) is 0 Å². The molecule has 0 heterocycles. The maximum absolute atomic E-state index is 12.6. The van der Waals surface area contributed by atoms with Crippen LogP contribution >= 0.6 is 0 Å². The first-order chi connectivity index (χ1) is 9.53. The van der Waals surface area contributed by atoms with Crippen LogP contribution in [-0.4, -0.2) is 37.0 Å². The molecule has 1 aromatic rings. The fourth-order valence-electron chi connectivity index (χ4n) is 1.34. The van der Waals surface area contributed by atoms with Crippen molar-refractivity contribution < 1.29 is 35.7 Å². The van der Waals surface area contributed by atoms with Gasteiger partial charge in [0.1, 0.15) is 5.75 Å². The Balaban J connectivity index is 2.92. The second kappa shape index (κ2) is 6.27. The van der Waals surface area contributed by atoms with Gasteiger partial charge in [0.2, 0.25) is 6.10 Å². The number of carbonyl (C=O) groups is 1. The maximum atomic E-state index is 12.6. The Morgan fingerprint density at radius 2 is 1.86 bits per heavy atom. The number of rotatable bonds is 5. The van der Waals surface area contributed by atoms with Gasteiger partial charge >= 0.3 is 12.1 Å². The summed E-state index contributed by atoms with van der Waals surface area (Å²) in [6, 6.07) is 5.27. The molecule has 0 amide bonds. The molecule has 9 heteroatoms. The van der Waals surface area contributed by atoms with Crippen molar-refractivity contribution in [3.8, 4) is 0 Å². The molecule has 0 saturated carbocycles. The number of halogens is 3. The highest BCUT2D eigenvalue weighted by Gasteiger charge is 2.45.